The Balaban J connectivity index is 2.41. The minimum absolute atomic E-state index is 0.106. The molecule has 5 heteroatoms. The molecule has 0 aromatic carbocycles. The lowest BCUT2D eigenvalue weighted by atomic mass is 10.2. The topological polar surface area (TPSA) is 54.5 Å². The van der Waals surface area contributed by atoms with Crippen LogP contribution in [0.3, 0.4) is 0 Å². The molecule has 0 aliphatic rings. The number of amides is 1. The highest BCUT2D eigenvalue weighted by Gasteiger charge is 2.23. The second-order valence-electron chi connectivity index (χ2n) is 6.77. The standard InChI is InChI=1S/C17H29N3O2/c1-13(2)20(16(21)22-17(4,5)6)10-9-18-12-15-8-7-14(3)11-19-15/h7-8,11,13,18H,9-10,12H2,1-6H3. The highest BCUT2D eigenvalue weighted by atomic mass is 16.6. The summed E-state index contributed by atoms with van der Waals surface area (Å²) in [7, 11) is 0. The summed E-state index contributed by atoms with van der Waals surface area (Å²) in [4.78, 5) is 18.2. The van der Waals surface area contributed by atoms with Crippen LogP contribution in [0.25, 0.3) is 0 Å². The maximum Gasteiger partial charge on any atom is 0.410 e. The third kappa shape index (κ3) is 6.89. The lowest BCUT2D eigenvalue weighted by molar-refractivity contribution is 0.0193. The first-order valence-corrected chi connectivity index (χ1v) is 7.81. The number of nitrogens with one attached hydrogen (secondary N) is 1. The van der Waals surface area contributed by atoms with E-state index in [0.29, 0.717) is 19.6 Å². The number of aryl methyl sites for hydroxylation is 1. The van der Waals surface area contributed by atoms with Gasteiger partial charge in [0, 0.05) is 31.9 Å². The Morgan fingerprint density at radius 2 is 2.05 bits per heavy atom. The van der Waals surface area contributed by atoms with Crippen molar-refractivity contribution in [2.75, 3.05) is 13.1 Å². The van der Waals surface area contributed by atoms with Crippen LogP contribution < -0.4 is 5.32 Å². The minimum Gasteiger partial charge on any atom is -0.444 e. The Bertz CT molecular complexity index is 464. The van der Waals surface area contributed by atoms with Gasteiger partial charge in [-0.25, -0.2) is 4.79 Å². The molecule has 0 fully saturated rings. The normalized spacial score (nSPS) is 11.6. The smallest absolute Gasteiger partial charge is 0.410 e. The predicted molar refractivity (Wildman–Crippen MR) is 88.8 cm³/mol. The predicted octanol–water partition coefficient (Wildman–Crippen LogP) is 3.13. The fraction of sp³-hybridized carbons (Fsp3) is 0.647. The van der Waals surface area contributed by atoms with Crippen LogP contribution in [0.4, 0.5) is 4.79 Å². The zero-order valence-electron chi connectivity index (χ0n) is 14.6. The van der Waals surface area contributed by atoms with Crippen molar-refractivity contribution in [1.29, 1.82) is 0 Å². The molecule has 1 amide bonds. The fourth-order valence-corrected chi connectivity index (χ4v) is 1.90. The molecule has 124 valence electrons. The number of rotatable bonds is 6. The van der Waals surface area contributed by atoms with Gasteiger partial charge in [-0.1, -0.05) is 6.07 Å². The van der Waals surface area contributed by atoms with Crippen molar-refractivity contribution in [3.8, 4) is 0 Å². The molecule has 1 aromatic heterocycles. The highest BCUT2D eigenvalue weighted by Crippen LogP contribution is 2.11. The molecule has 0 radical (unpaired) electrons. The quantitative estimate of drug-likeness (QED) is 0.820. The summed E-state index contributed by atoms with van der Waals surface area (Å²) in [5.41, 5.74) is 1.68. The third-order valence-electron chi connectivity index (χ3n) is 3.06. The van der Waals surface area contributed by atoms with Gasteiger partial charge in [0.15, 0.2) is 0 Å². The summed E-state index contributed by atoms with van der Waals surface area (Å²) < 4.78 is 5.44. The van der Waals surface area contributed by atoms with Crippen LogP contribution in [0.2, 0.25) is 0 Å². The van der Waals surface area contributed by atoms with E-state index in [1.807, 2.05) is 59.9 Å². The molecule has 0 unspecified atom stereocenters. The van der Waals surface area contributed by atoms with Gasteiger partial charge < -0.3 is 15.0 Å². The molecule has 5 nitrogen and oxygen atoms in total. The molecular formula is C17H29N3O2. The molecule has 0 saturated heterocycles. The minimum atomic E-state index is -0.469. The molecule has 0 aliphatic heterocycles. The van der Waals surface area contributed by atoms with Crippen LogP contribution in [-0.2, 0) is 11.3 Å². The highest BCUT2D eigenvalue weighted by molar-refractivity contribution is 5.68. The van der Waals surface area contributed by atoms with Crippen LogP contribution in [-0.4, -0.2) is 40.7 Å². The Morgan fingerprint density at radius 1 is 1.36 bits per heavy atom. The number of hydrogen-bond donors (Lipinski definition) is 1. The van der Waals surface area contributed by atoms with Crippen LogP contribution in [0.15, 0.2) is 18.3 Å². The lowest BCUT2D eigenvalue weighted by Gasteiger charge is -2.30. The van der Waals surface area contributed by atoms with Crippen molar-refractivity contribution >= 4 is 6.09 Å². The van der Waals surface area contributed by atoms with Gasteiger partial charge in [0.25, 0.3) is 0 Å². The molecule has 1 N–H and O–H groups in total. The summed E-state index contributed by atoms with van der Waals surface area (Å²) in [6.07, 6.45) is 1.59. The second-order valence-corrected chi connectivity index (χ2v) is 6.77. The van der Waals surface area contributed by atoms with E-state index in [0.717, 1.165) is 11.3 Å². The largest absolute Gasteiger partial charge is 0.444 e. The van der Waals surface area contributed by atoms with Crippen LogP contribution in [0.1, 0.15) is 45.9 Å². The number of pyridine rings is 1. The van der Waals surface area contributed by atoms with Crippen LogP contribution in [0.5, 0.6) is 0 Å². The third-order valence-corrected chi connectivity index (χ3v) is 3.06. The molecule has 22 heavy (non-hydrogen) atoms. The van der Waals surface area contributed by atoms with Gasteiger partial charge in [-0.3, -0.25) is 4.98 Å². The summed E-state index contributed by atoms with van der Waals surface area (Å²) in [6, 6.07) is 4.16. The maximum atomic E-state index is 12.2. The van der Waals surface area contributed by atoms with Crippen LogP contribution >= 0.6 is 0 Å². The van der Waals surface area contributed by atoms with Gasteiger partial charge in [0.05, 0.1) is 5.69 Å². The van der Waals surface area contributed by atoms with E-state index in [1.165, 1.54) is 0 Å². The molecular weight excluding hydrogens is 278 g/mol. The first-order chi connectivity index (χ1) is 10.2. The Kier molecular flexibility index (Phi) is 6.81. The Labute approximate surface area is 134 Å². The van der Waals surface area contributed by atoms with E-state index in [4.69, 9.17) is 4.74 Å². The fourth-order valence-electron chi connectivity index (χ4n) is 1.90. The van der Waals surface area contributed by atoms with Crippen LogP contribution in [0, 0.1) is 6.92 Å². The van der Waals surface area contributed by atoms with Crippen molar-refractivity contribution < 1.29 is 9.53 Å². The van der Waals surface area contributed by atoms with E-state index in [9.17, 15) is 4.79 Å². The molecule has 1 rings (SSSR count). The number of ether oxygens (including phenoxy) is 1. The van der Waals surface area contributed by atoms with Crippen molar-refractivity contribution in [2.24, 2.45) is 0 Å². The summed E-state index contributed by atoms with van der Waals surface area (Å²) in [6.45, 7) is 13.6. The van der Waals surface area contributed by atoms with Gasteiger partial charge in [0.2, 0.25) is 0 Å². The van der Waals surface area contributed by atoms with Crippen molar-refractivity contribution in [2.45, 2.75) is 59.7 Å². The van der Waals surface area contributed by atoms with Gasteiger partial charge in [-0.15, -0.1) is 0 Å². The maximum absolute atomic E-state index is 12.2. The van der Waals surface area contributed by atoms with Gasteiger partial charge >= 0.3 is 6.09 Å². The molecule has 0 bridgehead atoms. The van der Waals surface area contributed by atoms with E-state index >= 15 is 0 Å². The molecule has 0 atom stereocenters. The van der Waals surface area contributed by atoms with E-state index in [-0.39, 0.29) is 12.1 Å². The van der Waals surface area contributed by atoms with Gasteiger partial charge in [-0.2, -0.15) is 0 Å². The monoisotopic (exact) mass is 307 g/mol. The number of carbonyl (C=O) groups is 1. The average molecular weight is 307 g/mol. The zero-order valence-corrected chi connectivity index (χ0v) is 14.6. The number of nitrogens with zero attached hydrogens (tertiary/aromatic N) is 2. The molecule has 0 saturated carbocycles. The Morgan fingerprint density at radius 3 is 2.55 bits per heavy atom. The summed E-state index contributed by atoms with van der Waals surface area (Å²) >= 11 is 0. The summed E-state index contributed by atoms with van der Waals surface area (Å²) in [5.74, 6) is 0. The van der Waals surface area contributed by atoms with Crippen molar-refractivity contribution in [3.63, 3.8) is 0 Å². The van der Waals surface area contributed by atoms with Gasteiger partial charge in [-0.05, 0) is 53.2 Å². The lowest BCUT2D eigenvalue weighted by Crippen LogP contribution is -2.44. The number of carbonyl (C=O) groups excluding carboxylic acids is 1. The molecule has 1 aromatic rings. The first-order valence-electron chi connectivity index (χ1n) is 7.81. The van der Waals surface area contributed by atoms with E-state index < -0.39 is 5.60 Å². The SMILES string of the molecule is Cc1ccc(CNCCN(C(=O)OC(C)(C)C)C(C)C)nc1. The van der Waals surface area contributed by atoms with E-state index in [2.05, 4.69) is 10.3 Å². The zero-order chi connectivity index (χ0) is 16.8. The van der Waals surface area contributed by atoms with Crippen molar-refractivity contribution in [3.05, 3.63) is 29.6 Å². The van der Waals surface area contributed by atoms with E-state index in [1.54, 1.807) is 4.90 Å². The number of hydrogen-bond acceptors (Lipinski definition) is 4. The van der Waals surface area contributed by atoms with Crippen molar-refractivity contribution in [1.82, 2.24) is 15.2 Å². The first kappa shape index (κ1) is 18.4. The summed E-state index contributed by atoms with van der Waals surface area (Å²) in [5, 5.41) is 3.31. The molecule has 0 spiro atoms. The molecule has 0 aliphatic carbocycles. The average Bonchev–Trinajstić information content (AvgIpc) is 2.38. The number of aromatic nitrogens is 1. The second kappa shape index (κ2) is 8.13. The van der Waals surface area contributed by atoms with Gasteiger partial charge in [0.1, 0.15) is 5.60 Å². The molecule has 1 heterocycles. The Hall–Kier alpha value is -1.62.